The van der Waals surface area contributed by atoms with E-state index in [1.54, 1.807) is 40.5 Å². The summed E-state index contributed by atoms with van der Waals surface area (Å²) < 4.78 is 14.8. The first-order valence-electron chi connectivity index (χ1n) is 26.8. The van der Waals surface area contributed by atoms with Gasteiger partial charge in [-0.2, -0.15) is 0 Å². The molecule has 0 fully saturated rings. The third-order valence-corrected chi connectivity index (χ3v) is 8.48. The fraction of sp³-hybridized carbons (Fsp3) is 0.353. The first kappa shape index (κ1) is 79.8. The maximum Gasteiger partial charge on any atom is 0.300 e. The lowest BCUT2D eigenvalue weighted by atomic mass is 10.2. The van der Waals surface area contributed by atoms with Gasteiger partial charge in [-0.05, 0) is 64.8 Å². The molecule has 416 valence electrons. The molecule has 75 heavy (non-hydrogen) atoms. The van der Waals surface area contributed by atoms with E-state index in [0.29, 0.717) is 25.4 Å². The molecule has 0 heterocycles. The van der Waals surface area contributed by atoms with Gasteiger partial charge in [0.2, 0.25) is 0 Å². The first-order chi connectivity index (χ1) is 36.7. The second-order valence-corrected chi connectivity index (χ2v) is 13.7. The number of carboxylic acids is 1. The topological polar surface area (TPSA) is 94.1 Å². The molecule has 1 amide bonds. The van der Waals surface area contributed by atoms with Crippen LogP contribution in [-0.2, 0) is 58.1 Å². The Balaban J connectivity index is -0.000000178. The molecular formula is C68H103NO6. The lowest BCUT2D eigenvalue weighted by Crippen LogP contribution is -2.17. The zero-order valence-electron chi connectivity index (χ0n) is 49.9. The summed E-state index contributed by atoms with van der Waals surface area (Å²) in [5, 5.41) is 9.96. The second kappa shape index (κ2) is 69.4. The number of carboxylic acid groups (broad SMARTS) is 1. The average molecular weight is 1030 g/mol. The predicted molar refractivity (Wildman–Crippen MR) is 329 cm³/mol. The highest BCUT2D eigenvalue weighted by Gasteiger charge is 1.98. The minimum Gasteiger partial charge on any atom is -0.481 e. The van der Waals surface area contributed by atoms with Crippen LogP contribution in [0, 0.1) is 0 Å². The number of rotatable bonds is 10. The molecule has 0 saturated heterocycles. The van der Waals surface area contributed by atoms with Crippen molar-refractivity contribution in [3.63, 3.8) is 0 Å². The fourth-order valence-electron chi connectivity index (χ4n) is 5.10. The van der Waals surface area contributed by atoms with E-state index in [4.69, 9.17) is 24.1 Å². The van der Waals surface area contributed by atoms with Crippen LogP contribution in [0.15, 0.2) is 212 Å². The van der Waals surface area contributed by atoms with Crippen molar-refractivity contribution in [1.82, 2.24) is 5.32 Å². The van der Waals surface area contributed by atoms with Crippen molar-refractivity contribution in [2.75, 3.05) is 28.4 Å². The number of carbonyl (C=O) groups excluding carboxylic acids is 1. The molecule has 0 aromatic heterocycles. The molecule has 0 aliphatic heterocycles. The summed E-state index contributed by atoms with van der Waals surface area (Å²) in [5.74, 6) is -0.874. The van der Waals surface area contributed by atoms with Gasteiger partial charge in [-0.3, -0.25) is 9.59 Å². The van der Waals surface area contributed by atoms with Crippen molar-refractivity contribution >= 4 is 11.9 Å². The Kier molecular flexibility index (Phi) is 73.8. The highest BCUT2D eigenvalue weighted by atomic mass is 16.5. The number of carbonyl (C=O) groups is 2. The molecule has 0 spiro atoms. The quantitative estimate of drug-likeness (QED) is 0.142. The predicted octanol–water partition coefficient (Wildman–Crippen LogP) is 18.5. The molecule has 7 rings (SSSR count). The van der Waals surface area contributed by atoms with E-state index in [1.165, 1.54) is 33.4 Å². The number of methoxy groups -OCH3 is 3. The molecule has 0 unspecified atom stereocenters. The zero-order chi connectivity index (χ0) is 58.0. The van der Waals surface area contributed by atoms with Crippen molar-refractivity contribution < 1.29 is 28.9 Å². The average Bonchev–Trinajstić information content (AvgIpc) is 3.50. The van der Waals surface area contributed by atoms with Gasteiger partial charge in [0, 0.05) is 40.9 Å². The molecule has 7 nitrogen and oxygen atoms in total. The van der Waals surface area contributed by atoms with Crippen LogP contribution >= 0.6 is 0 Å². The van der Waals surface area contributed by atoms with Gasteiger partial charge >= 0.3 is 0 Å². The van der Waals surface area contributed by atoms with Crippen molar-refractivity contribution in [3.05, 3.63) is 251 Å². The Hall–Kier alpha value is -6.64. The molecule has 0 bridgehead atoms. The summed E-state index contributed by atoms with van der Waals surface area (Å²) in [6.07, 6.45) is 3.42. The Labute approximate surface area is 459 Å². The molecule has 2 N–H and O–H groups in total. The number of aryl methyl sites for hydroxylation is 3. The van der Waals surface area contributed by atoms with Gasteiger partial charge in [-0.15, -0.1) is 0 Å². The van der Waals surface area contributed by atoms with Crippen LogP contribution in [0.1, 0.15) is 141 Å². The summed E-state index contributed by atoms with van der Waals surface area (Å²) in [7, 11) is 6.72. The normalized spacial score (nSPS) is 8.24. The third kappa shape index (κ3) is 58.1. The van der Waals surface area contributed by atoms with Crippen LogP contribution in [-0.4, -0.2) is 45.4 Å². The van der Waals surface area contributed by atoms with Gasteiger partial charge < -0.3 is 24.6 Å². The van der Waals surface area contributed by atoms with Gasteiger partial charge in [0.25, 0.3) is 11.9 Å². The van der Waals surface area contributed by atoms with Crippen LogP contribution in [0.5, 0.6) is 0 Å². The molecule has 0 atom stereocenters. The molecule has 7 heteroatoms. The van der Waals surface area contributed by atoms with Gasteiger partial charge in [-0.25, -0.2) is 0 Å². The van der Waals surface area contributed by atoms with Crippen LogP contribution in [0.4, 0.5) is 0 Å². The van der Waals surface area contributed by atoms with E-state index in [-0.39, 0.29) is 5.91 Å². The third-order valence-electron chi connectivity index (χ3n) is 8.48. The maximum atomic E-state index is 10.9. The standard InChI is InChI=1S/C8H9NO.3C8H10O.3C8H10.C2H4O2.5C2H6/c1-9-8(10)7-5-3-2-4-6-7;3*1-9-7-8-5-3-2-4-6-8;3*1-2-8-6-4-3-5-7-8;1-2(3)4;5*1-2/h2-6H,1H3,(H,9,10);3*2-6H,7H2,1H3;3*3-7H,2H2,1H3;1H3,(H,3,4);5*1-2H3. The summed E-state index contributed by atoms with van der Waals surface area (Å²) in [4.78, 5) is 19.9. The van der Waals surface area contributed by atoms with Gasteiger partial charge in [0.15, 0.2) is 0 Å². The maximum absolute atomic E-state index is 10.9. The number of hydrogen-bond donors (Lipinski definition) is 2. The monoisotopic (exact) mass is 1030 g/mol. The highest BCUT2D eigenvalue weighted by Crippen LogP contribution is 2.02. The van der Waals surface area contributed by atoms with Gasteiger partial charge in [0.1, 0.15) is 0 Å². The second-order valence-electron chi connectivity index (χ2n) is 13.7. The summed E-state index contributed by atoms with van der Waals surface area (Å²) >= 11 is 0. The molecule has 7 aromatic rings. The molecule has 0 radical (unpaired) electrons. The van der Waals surface area contributed by atoms with Crippen LogP contribution < -0.4 is 5.32 Å². The van der Waals surface area contributed by atoms with Crippen LogP contribution in [0.3, 0.4) is 0 Å². The lowest BCUT2D eigenvalue weighted by molar-refractivity contribution is -0.134. The number of ether oxygens (including phenoxy) is 3. The molecule has 0 saturated carbocycles. The van der Waals surface area contributed by atoms with Crippen molar-refractivity contribution in [3.8, 4) is 0 Å². The number of nitrogens with one attached hydrogen (secondary N) is 1. The van der Waals surface area contributed by atoms with Crippen molar-refractivity contribution in [1.29, 1.82) is 0 Å². The number of amides is 1. The smallest absolute Gasteiger partial charge is 0.300 e. The van der Waals surface area contributed by atoms with E-state index >= 15 is 0 Å². The van der Waals surface area contributed by atoms with E-state index in [1.807, 2.05) is 197 Å². The Morgan fingerprint density at radius 1 is 0.347 bits per heavy atom. The molecule has 0 aliphatic carbocycles. The van der Waals surface area contributed by atoms with E-state index < -0.39 is 5.97 Å². The minimum absolute atomic E-state index is 0.0411. The fourth-order valence-corrected chi connectivity index (χ4v) is 5.10. The highest BCUT2D eigenvalue weighted by molar-refractivity contribution is 5.93. The Morgan fingerprint density at radius 2 is 0.507 bits per heavy atom. The largest absolute Gasteiger partial charge is 0.481 e. The van der Waals surface area contributed by atoms with E-state index in [0.717, 1.165) is 26.2 Å². The van der Waals surface area contributed by atoms with E-state index in [2.05, 4.69) is 98.9 Å². The lowest BCUT2D eigenvalue weighted by Gasteiger charge is -1.96. The SMILES string of the molecule is CC.CC.CC.CC.CC.CC(=O)O.CCc1ccccc1.CCc1ccccc1.CCc1ccccc1.CNC(=O)c1ccccc1.COCc1ccccc1.COCc1ccccc1.COCc1ccccc1. The Morgan fingerprint density at radius 3 is 0.640 bits per heavy atom. The summed E-state index contributed by atoms with van der Waals surface area (Å²) in [5.41, 5.74) is 8.59. The first-order valence-corrected chi connectivity index (χ1v) is 26.8. The molecule has 7 aromatic carbocycles. The molecule has 0 aliphatic rings. The number of hydrogen-bond acceptors (Lipinski definition) is 5. The summed E-state index contributed by atoms with van der Waals surface area (Å²) in [6.45, 7) is 29.7. The Bertz CT molecular complexity index is 1860. The number of aliphatic carboxylic acids is 1. The minimum atomic E-state index is -0.833. The van der Waals surface area contributed by atoms with E-state index in [9.17, 15) is 4.79 Å². The zero-order valence-corrected chi connectivity index (χ0v) is 49.9. The number of benzene rings is 7. The van der Waals surface area contributed by atoms with Crippen molar-refractivity contribution in [2.45, 2.75) is 136 Å². The summed E-state index contributed by atoms with van der Waals surface area (Å²) in [6, 6.07) is 70.8. The van der Waals surface area contributed by atoms with Crippen LogP contribution in [0.2, 0.25) is 0 Å². The molecular weight excluding hydrogens is 927 g/mol. The van der Waals surface area contributed by atoms with Crippen molar-refractivity contribution in [2.24, 2.45) is 0 Å². The van der Waals surface area contributed by atoms with Crippen LogP contribution in [0.25, 0.3) is 0 Å². The van der Waals surface area contributed by atoms with Gasteiger partial charge in [-0.1, -0.05) is 290 Å². The van der Waals surface area contributed by atoms with Gasteiger partial charge in [0.05, 0.1) is 19.8 Å².